The van der Waals surface area contributed by atoms with Crippen LogP contribution in [0.5, 0.6) is 0 Å². The Kier molecular flexibility index (Phi) is 4.14. The van der Waals surface area contributed by atoms with Crippen LogP contribution in [-0.4, -0.2) is 0 Å². The third-order valence-electron chi connectivity index (χ3n) is 2.49. The zero-order valence-corrected chi connectivity index (χ0v) is 10.7. The normalized spacial score (nSPS) is 10.3. The zero-order chi connectivity index (χ0) is 11.2. The van der Waals surface area contributed by atoms with Gasteiger partial charge in [-0.15, -0.1) is 0 Å². The number of benzene rings is 2. The molecule has 0 radical (unpaired) electrons. The highest BCUT2D eigenvalue weighted by atomic mass is 79.9. The summed E-state index contributed by atoms with van der Waals surface area (Å²) in [7, 11) is 0. The Labute approximate surface area is 105 Å². The Bertz CT molecular complexity index is 439. The molecule has 2 rings (SSSR count). The Balaban J connectivity index is 1.85. The van der Waals surface area contributed by atoms with E-state index in [1.54, 1.807) is 0 Å². The lowest BCUT2D eigenvalue weighted by molar-refractivity contribution is -0.686. The molecule has 1 nitrogen and oxygen atoms in total. The van der Waals surface area contributed by atoms with E-state index in [1.807, 2.05) is 0 Å². The SMILES string of the molecule is Brc1cccc(C[NH2+]Cc2ccccc2)c1. The molecule has 0 aliphatic heterocycles. The molecule has 2 N–H and O–H groups in total. The summed E-state index contributed by atoms with van der Waals surface area (Å²) in [6, 6.07) is 19.0. The lowest BCUT2D eigenvalue weighted by Gasteiger charge is -2.02. The van der Waals surface area contributed by atoms with Crippen LogP contribution in [0.3, 0.4) is 0 Å². The third-order valence-corrected chi connectivity index (χ3v) is 2.99. The van der Waals surface area contributed by atoms with E-state index in [-0.39, 0.29) is 0 Å². The first-order chi connectivity index (χ1) is 7.84. The number of hydrogen-bond donors (Lipinski definition) is 1. The van der Waals surface area contributed by atoms with Gasteiger partial charge >= 0.3 is 0 Å². The van der Waals surface area contributed by atoms with Crippen LogP contribution in [0.2, 0.25) is 0 Å². The molecule has 0 unspecified atom stereocenters. The minimum Gasteiger partial charge on any atom is -0.339 e. The predicted octanol–water partition coefficient (Wildman–Crippen LogP) is 2.71. The molecule has 0 atom stereocenters. The smallest absolute Gasteiger partial charge is 0.102 e. The summed E-state index contributed by atoms with van der Waals surface area (Å²) < 4.78 is 1.15. The van der Waals surface area contributed by atoms with Gasteiger partial charge in [-0.25, -0.2) is 0 Å². The molecule has 0 amide bonds. The quantitative estimate of drug-likeness (QED) is 0.885. The fourth-order valence-electron chi connectivity index (χ4n) is 1.68. The summed E-state index contributed by atoms with van der Waals surface area (Å²) in [5.74, 6) is 0. The van der Waals surface area contributed by atoms with Crippen molar-refractivity contribution in [2.24, 2.45) is 0 Å². The highest BCUT2D eigenvalue weighted by Crippen LogP contribution is 2.10. The van der Waals surface area contributed by atoms with Crippen LogP contribution in [-0.2, 0) is 13.1 Å². The lowest BCUT2D eigenvalue weighted by atomic mass is 10.2. The molecule has 0 aliphatic rings. The zero-order valence-electron chi connectivity index (χ0n) is 9.07. The van der Waals surface area contributed by atoms with E-state index in [9.17, 15) is 0 Å². The van der Waals surface area contributed by atoms with E-state index >= 15 is 0 Å². The van der Waals surface area contributed by atoms with Crippen molar-refractivity contribution in [3.05, 3.63) is 70.2 Å². The maximum atomic E-state index is 3.49. The Hall–Kier alpha value is -1.12. The van der Waals surface area contributed by atoms with Gasteiger partial charge in [0.1, 0.15) is 13.1 Å². The van der Waals surface area contributed by atoms with Crippen molar-refractivity contribution in [2.45, 2.75) is 13.1 Å². The molecule has 0 aliphatic carbocycles. The maximum Gasteiger partial charge on any atom is 0.102 e. The van der Waals surface area contributed by atoms with Gasteiger partial charge in [-0.3, -0.25) is 0 Å². The molecule has 0 saturated heterocycles. The number of nitrogens with two attached hydrogens (primary N) is 1. The molecule has 0 aromatic heterocycles. The monoisotopic (exact) mass is 276 g/mol. The lowest BCUT2D eigenvalue weighted by Crippen LogP contribution is -2.80. The number of rotatable bonds is 4. The van der Waals surface area contributed by atoms with Crippen molar-refractivity contribution in [2.75, 3.05) is 0 Å². The predicted molar refractivity (Wildman–Crippen MR) is 69.9 cm³/mol. The van der Waals surface area contributed by atoms with E-state index in [0.29, 0.717) is 0 Å². The van der Waals surface area contributed by atoms with Gasteiger partial charge in [0, 0.05) is 15.6 Å². The summed E-state index contributed by atoms with van der Waals surface area (Å²) in [4.78, 5) is 0. The molecular weight excluding hydrogens is 262 g/mol. The fraction of sp³-hybridized carbons (Fsp3) is 0.143. The van der Waals surface area contributed by atoms with Gasteiger partial charge in [0.25, 0.3) is 0 Å². The molecule has 0 saturated carbocycles. The van der Waals surface area contributed by atoms with Gasteiger partial charge in [0.15, 0.2) is 0 Å². The second-order valence-electron chi connectivity index (χ2n) is 3.81. The highest BCUT2D eigenvalue weighted by Gasteiger charge is 1.97. The Morgan fingerprint density at radius 2 is 1.50 bits per heavy atom. The first kappa shape index (κ1) is 11.4. The minimum absolute atomic E-state index is 1.02. The van der Waals surface area contributed by atoms with Crippen molar-refractivity contribution in [1.82, 2.24) is 0 Å². The van der Waals surface area contributed by atoms with Crippen LogP contribution < -0.4 is 5.32 Å². The summed E-state index contributed by atoms with van der Waals surface area (Å²) in [5, 5.41) is 2.32. The van der Waals surface area contributed by atoms with E-state index in [1.165, 1.54) is 11.1 Å². The van der Waals surface area contributed by atoms with Gasteiger partial charge < -0.3 is 5.32 Å². The van der Waals surface area contributed by atoms with E-state index in [4.69, 9.17) is 0 Å². The summed E-state index contributed by atoms with van der Waals surface area (Å²) >= 11 is 3.49. The average Bonchev–Trinajstić information content (AvgIpc) is 2.30. The van der Waals surface area contributed by atoms with Crippen LogP contribution in [0.15, 0.2) is 59.1 Å². The van der Waals surface area contributed by atoms with Crippen LogP contribution in [0.25, 0.3) is 0 Å². The fourth-order valence-corrected chi connectivity index (χ4v) is 2.13. The molecule has 0 spiro atoms. The molecule has 2 aromatic rings. The molecular formula is C14H15BrN+. The van der Waals surface area contributed by atoms with Crippen molar-refractivity contribution in [1.29, 1.82) is 0 Å². The maximum absolute atomic E-state index is 3.49. The first-order valence-electron chi connectivity index (χ1n) is 5.44. The van der Waals surface area contributed by atoms with Crippen molar-refractivity contribution in [3.63, 3.8) is 0 Å². The average molecular weight is 277 g/mol. The number of hydrogen-bond acceptors (Lipinski definition) is 0. The molecule has 0 heterocycles. The first-order valence-corrected chi connectivity index (χ1v) is 6.24. The Morgan fingerprint density at radius 1 is 0.812 bits per heavy atom. The number of halogens is 1. The molecule has 2 aromatic carbocycles. The largest absolute Gasteiger partial charge is 0.339 e. The minimum atomic E-state index is 1.02. The van der Waals surface area contributed by atoms with E-state index < -0.39 is 0 Å². The van der Waals surface area contributed by atoms with Gasteiger partial charge in [-0.1, -0.05) is 58.4 Å². The van der Waals surface area contributed by atoms with E-state index in [0.717, 1.165) is 17.6 Å². The van der Waals surface area contributed by atoms with Gasteiger partial charge in [0.2, 0.25) is 0 Å². The second-order valence-corrected chi connectivity index (χ2v) is 4.73. The highest BCUT2D eigenvalue weighted by molar-refractivity contribution is 9.10. The van der Waals surface area contributed by atoms with Crippen molar-refractivity contribution >= 4 is 15.9 Å². The summed E-state index contributed by atoms with van der Waals surface area (Å²) in [6.07, 6.45) is 0. The van der Waals surface area contributed by atoms with Crippen LogP contribution in [0, 0.1) is 0 Å². The van der Waals surface area contributed by atoms with Crippen LogP contribution >= 0.6 is 15.9 Å². The van der Waals surface area contributed by atoms with Gasteiger partial charge in [0.05, 0.1) is 0 Å². The second kappa shape index (κ2) is 5.83. The molecule has 16 heavy (non-hydrogen) atoms. The topological polar surface area (TPSA) is 16.6 Å². The van der Waals surface area contributed by atoms with Crippen molar-refractivity contribution in [3.8, 4) is 0 Å². The van der Waals surface area contributed by atoms with Gasteiger partial charge in [-0.05, 0) is 12.1 Å². The van der Waals surface area contributed by atoms with E-state index in [2.05, 4.69) is 75.8 Å². The van der Waals surface area contributed by atoms with Crippen LogP contribution in [0.4, 0.5) is 0 Å². The van der Waals surface area contributed by atoms with Gasteiger partial charge in [-0.2, -0.15) is 0 Å². The van der Waals surface area contributed by atoms with Crippen LogP contribution in [0.1, 0.15) is 11.1 Å². The Morgan fingerprint density at radius 3 is 2.25 bits per heavy atom. The molecule has 2 heteroatoms. The summed E-state index contributed by atoms with van der Waals surface area (Å²) in [5.41, 5.74) is 2.72. The molecule has 82 valence electrons. The molecule has 0 bridgehead atoms. The summed E-state index contributed by atoms with van der Waals surface area (Å²) in [6.45, 7) is 2.06. The standard InChI is InChI=1S/C14H14BrN/c15-14-8-4-7-13(9-14)11-16-10-12-5-2-1-3-6-12/h1-9,16H,10-11H2/p+1. The molecule has 0 fully saturated rings. The van der Waals surface area contributed by atoms with Crippen molar-refractivity contribution < 1.29 is 5.32 Å². The number of quaternary nitrogens is 1. The third kappa shape index (κ3) is 3.47.